The number of benzene rings is 2. The van der Waals surface area contributed by atoms with Gasteiger partial charge in [0.05, 0.1) is 36.2 Å². The lowest BCUT2D eigenvalue weighted by molar-refractivity contribution is -0.345. The Kier molecular flexibility index (Phi) is 12.6. The van der Waals surface area contributed by atoms with E-state index in [4.69, 9.17) is 39.0 Å². The minimum Gasteiger partial charge on any atom is -0.459 e. The highest BCUT2D eigenvalue weighted by molar-refractivity contribution is 5.89. The first-order valence-electron chi connectivity index (χ1n) is 22.8. The molecule has 0 radical (unpaired) electrons. The molecule has 8 rings (SSSR count). The summed E-state index contributed by atoms with van der Waals surface area (Å²) in [4.78, 5) is 70.0. The Labute approximate surface area is 383 Å². The number of hydrazine groups is 1. The number of nitrogens with one attached hydrogen (secondary N) is 2. The number of amides is 1. The first-order valence-corrected chi connectivity index (χ1v) is 22.8. The fourth-order valence-electron chi connectivity index (χ4n) is 12.0. The zero-order valence-corrected chi connectivity index (χ0v) is 38.3. The number of nitrogens with two attached hydrogens (primary N) is 1. The van der Waals surface area contributed by atoms with Crippen LogP contribution in [0, 0.1) is 29.1 Å². The average Bonchev–Trinajstić information content (AvgIpc) is 3.80. The second kappa shape index (κ2) is 17.4. The molecule has 18 nitrogen and oxygen atoms in total. The van der Waals surface area contributed by atoms with Gasteiger partial charge in [-0.05, 0) is 63.6 Å². The van der Waals surface area contributed by atoms with Crippen LogP contribution in [0.15, 0.2) is 60.7 Å². The van der Waals surface area contributed by atoms with Crippen LogP contribution in [0.4, 0.5) is 4.79 Å². The average molecular weight is 922 g/mol. The number of hydrogen-bond donors (Lipinski definition) is 6. The second-order valence-electron chi connectivity index (χ2n) is 20.6. The van der Waals surface area contributed by atoms with E-state index in [2.05, 4.69) is 10.7 Å². The molecule has 4 saturated carbocycles. The van der Waals surface area contributed by atoms with Crippen LogP contribution >= 0.6 is 0 Å². The quantitative estimate of drug-likeness (QED) is 0.0622. The van der Waals surface area contributed by atoms with E-state index in [-0.39, 0.29) is 24.6 Å². The van der Waals surface area contributed by atoms with Crippen LogP contribution in [0.2, 0.25) is 0 Å². The van der Waals surface area contributed by atoms with Crippen molar-refractivity contribution < 1.29 is 72.5 Å². The zero-order valence-electron chi connectivity index (χ0n) is 38.3. The number of esters is 4. The maximum absolute atomic E-state index is 15.1. The summed E-state index contributed by atoms with van der Waals surface area (Å²) in [6.45, 7) is 11.2. The molecule has 1 spiro atoms. The van der Waals surface area contributed by atoms with Crippen LogP contribution in [0.3, 0.4) is 0 Å². The van der Waals surface area contributed by atoms with Crippen LogP contribution in [0.25, 0.3) is 0 Å². The Balaban J connectivity index is 1.22. The van der Waals surface area contributed by atoms with Gasteiger partial charge in [0.1, 0.15) is 47.3 Å². The molecule has 4 unspecified atom stereocenters. The first-order chi connectivity index (χ1) is 31.1. The highest BCUT2D eigenvalue weighted by atomic mass is 16.7. The minimum absolute atomic E-state index is 0.0428. The maximum atomic E-state index is 15.1. The molecule has 6 aliphatic rings. The van der Waals surface area contributed by atoms with Gasteiger partial charge in [0.2, 0.25) is 6.10 Å². The Hall–Kier alpha value is -4.69. The Morgan fingerprint density at radius 3 is 2.20 bits per heavy atom. The number of carbonyl (C=O) groups is 5. The van der Waals surface area contributed by atoms with Crippen molar-refractivity contribution in [3.05, 3.63) is 71.8 Å². The molecule has 1 amide bonds. The number of ether oxygens (including phenoxy) is 7. The molecular formula is C48H63N3O15. The van der Waals surface area contributed by atoms with Gasteiger partial charge < -0.3 is 53.8 Å². The van der Waals surface area contributed by atoms with Crippen molar-refractivity contribution in [3.8, 4) is 0 Å². The lowest BCUT2D eigenvalue weighted by Gasteiger charge is -2.66. The summed E-state index contributed by atoms with van der Waals surface area (Å²) in [5.74, 6) is -1.36. The van der Waals surface area contributed by atoms with Crippen molar-refractivity contribution in [2.24, 2.45) is 34.9 Å². The molecule has 360 valence electrons. The van der Waals surface area contributed by atoms with E-state index in [1.807, 2.05) is 0 Å². The summed E-state index contributed by atoms with van der Waals surface area (Å²) < 4.78 is 43.1. The smallest absolute Gasteiger partial charge is 0.408 e. The first kappa shape index (κ1) is 47.8. The number of carbonyl (C=O) groups excluding carboxylic acids is 5. The van der Waals surface area contributed by atoms with Crippen LogP contribution < -0.4 is 16.6 Å². The van der Waals surface area contributed by atoms with Gasteiger partial charge in [-0.2, -0.15) is 0 Å². The lowest BCUT2D eigenvalue weighted by Crippen LogP contribution is -2.81. The summed E-state index contributed by atoms with van der Waals surface area (Å²) >= 11 is 0. The number of aliphatic hydroxyl groups is 3. The van der Waals surface area contributed by atoms with Gasteiger partial charge in [-0.15, -0.1) is 0 Å². The van der Waals surface area contributed by atoms with Gasteiger partial charge in [-0.1, -0.05) is 69.3 Å². The molecule has 4 aliphatic carbocycles. The normalized spacial score (nSPS) is 38.1. The third-order valence-electron chi connectivity index (χ3n) is 15.3. The van der Waals surface area contributed by atoms with Crippen LogP contribution in [0.1, 0.15) is 103 Å². The molecule has 2 aliphatic heterocycles. The van der Waals surface area contributed by atoms with Gasteiger partial charge in [-0.3, -0.25) is 20.9 Å². The molecule has 2 heterocycles. The molecule has 0 aromatic heterocycles. The van der Waals surface area contributed by atoms with Crippen LogP contribution in [-0.2, 0) is 47.5 Å². The van der Waals surface area contributed by atoms with Gasteiger partial charge in [0, 0.05) is 37.1 Å². The zero-order chi connectivity index (χ0) is 47.7. The topological polar surface area (TPSA) is 264 Å². The van der Waals surface area contributed by atoms with E-state index in [0.29, 0.717) is 24.8 Å². The van der Waals surface area contributed by atoms with Crippen molar-refractivity contribution in [1.29, 1.82) is 0 Å². The number of epoxide rings is 1. The number of rotatable bonds is 11. The van der Waals surface area contributed by atoms with Crippen molar-refractivity contribution in [1.82, 2.24) is 10.7 Å². The Morgan fingerprint density at radius 2 is 1.61 bits per heavy atom. The monoisotopic (exact) mass is 921 g/mol. The van der Waals surface area contributed by atoms with E-state index in [1.54, 1.807) is 90.1 Å². The molecule has 2 aromatic carbocycles. The summed E-state index contributed by atoms with van der Waals surface area (Å²) in [6.07, 6.45) is -9.58. The second-order valence-corrected chi connectivity index (χ2v) is 20.6. The molecule has 18 heteroatoms. The summed E-state index contributed by atoms with van der Waals surface area (Å²) in [5.41, 5.74) is -4.64. The van der Waals surface area contributed by atoms with Gasteiger partial charge in [0.15, 0.2) is 5.60 Å². The summed E-state index contributed by atoms with van der Waals surface area (Å²) in [7, 11) is 0. The molecular weight excluding hydrogens is 859 g/mol. The van der Waals surface area contributed by atoms with Gasteiger partial charge >= 0.3 is 30.0 Å². The van der Waals surface area contributed by atoms with Crippen molar-refractivity contribution >= 4 is 30.0 Å². The molecule has 6 fully saturated rings. The fourth-order valence-corrected chi connectivity index (χ4v) is 12.0. The molecule has 16 atom stereocenters. The SMILES string of the molecule is CC(=O)O[C@]12COC1C[C@@H](O)[C@]13O[C@H]1[C@@H](O)[C@H]1C(C)[C@H](OC(=O)[C@@H](OC(=O)C4CCC(NN)C4)[C@H](NC(=O)OC(C)(C)C)c4ccccc4)C[C@](O)([C@H](OC(=O)c4ccccc4)[C@H]32)C1(C)C. The van der Waals surface area contributed by atoms with Crippen molar-refractivity contribution in [2.45, 2.75) is 158 Å². The summed E-state index contributed by atoms with van der Waals surface area (Å²) in [5, 5.41) is 41.0. The van der Waals surface area contributed by atoms with Gasteiger partial charge in [-0.25, -0.2) is 14.4 Å². The van der Waals surface area contributed by atoms with Crippen LogP contribution in [0.5, 0.6) is 0 Å². The fraction of sp³-hybridized carbons (Fsp3) is 0.646. The van der Waals surface area contributed by atoms with Crippen molar-refractivity contribution in [3.63, 3.8) is 0 Å². The Morgan fingerprint density at radius 1 is 0.939 bits per heavy atom. The number of aliphatic hydroxyl groups excluding tert-OH is 2. The van der Waals surface area contributed by atoms with Gasteiger partial charge in [0.25, 0.3) is 0 Å². The highest BCUT2D eigenvalue weighted by Crippen LogP contribution is 2.69. The molecule has 2 bridgehead atoms. The minimum atomic E-state index is -2.24. The molecule has 66 heavy (non-hydrogen) atoms. The van der Waals surface area contributed by atoms with Crippen LogP contribution in [-0.4, -0.2) is 123 Å². The molecule has 2 saturated heterocycles. The van der Waals surface area contributed by atoms with E-state index in [1.165, 1.54) is 19.1 Å². The molecule has 7 N–H and O–H groups in total. The number of fused-ring (bicyclic) bond motifs is 4. The third kappa shape index (κ3) is 8.15. The number of alkyl carbamates (subject to hydrolysis) is 1. The Bertz CT molecular complexity index is 2170. The van der Waals surface area contributed by atoms with Crippen molar-refractivity contribution in [2.75, 3.05) is 6.61 Å². The predicted octanol–water partition coefficient (Wildman–Crippen LogP) is 2.94. The summed E-state index contributed by atoms with van der Waals surface area (Å²) in [6, 6.07) is 15.0. The van der Waals surface area contributed by atoms with E-state index in [9.17, 15) is 34.5 Å². The van der Waals surface area contributed by atoms with E-state index < -0.39 is 137 Å². The standard InChI is InChI=1S/C48H63N3O15/c1-24-30(61-42(57)36(62-41(56)28-18-19-29(20-28)51-49)34(26-14-10-8-11-15-26)50-43(58)66-44(3,4)5)22-47(59)39(63-40(55)27-16-12-9-13-17-27)37-46(64-25(2)52)23-60-32(46)21-31(53)48(37)38(65-48)35(54)33(24)45(47,6)7/h8-17,24,28-39,51,53-54,59H,18-23,49H2,1-7H3,(H,50,58)/t24?,28?,29?,30-,31-,32?,33-,34-,35+,36+,37+,38+,39-,46-,47+,48-/m1/s1. The number of hydrogen-bond acceptors (Lipinski definition) is 17. The van der Waals surface area contributed by atoms with E-state index in [0.717, 1.165) is 0 Å². The molecule has 2 aromatic rings. The third-order valence-corrected chi connectivity index (χ3v) is 15.3. The highest BCUT2D eigenvalue weighted by Gasteiger charge is 2.86. The predicted molar refractivity (Wildman–Crippen MR) is 230 cm³/mol. The maximum Gasteiger partial charge on any atom is 0.408 e. The lowest BCUT2D eigenvalue weighted by atomic mass is 9.45. The van der Waals surface area contributed by atoms with E-state index >= 15 is 4.79 Å². The largest absolute Gasteiger partial charge is 0.459 e.